The van der Waals surface area contributed by atoms with E-state index in [2.05, 4.69) is 4.85 Å². The quantitative estimate of drug-likeness (QED) is 0.194. The maximum Gasteiger partial charge on any atom is 0.418 e. The topological polar surface area (TPSA) is 57.6 Å². The number of nitrogens with zero attached hydrogens (tertiary/aromatic N) is 3. The summed E-state index contributed by atoms with van der Waals surface area (Å²) in [5, 5.41) is 0.808. The number of benzene rings is 3. The van der Waals surface area contributed by atoms with Crippen molar-refractivity contribution in [3.63, 3.8) is 0 Å². The van der Waals surface area contributed by atoms with Crippen LogP contribution in [0.15, 0.2) is 83.8 Å². The van der Waals surface area contributed by atoms with Crippen molar-refractivity contribution in [1.29, 1.82) is 0 Å². The molecule has 0 fully saturated rings. The molecule has 6 nitrogen and oxygen atoms in total. The first-order valence-corrected chi connectivity index (χ1v) is 13.9. The predicted octanol–water partition coefficient (Wildman–Crippen LogP) is 9.15. The van der Waals surface area contributed by atoms with Gasteiger partial charge in [0.2, 0.25) is 0 Å². The van der Waals surface area contributed by atoms with Crippen molar-refractivity contribution >= 4 is 22.7 Å². The molecule has 44 heavy (non-hydrogen) atoms. The minimum absolute atomic E-state index is 0.0134. The maximum atomic E-state index is 14.1. The molecule has 0 aliphatic heterocycles. The first-order valence-electron chi connectivity index (χ1n) is 13.9. The Hall–Kier alpha value is -5.10. The highest BCUT2D eigenvalue weighted by Gasteiger charge is 2.36. The van der Waals surface area contributed by atoms with Crippen molar-refractivity contribution < 1.29 is 22.7 Å². The van der Waals surface area contributed by atoms with Gasteiger partial charge in [0.15, 0.2) is 0 Å². The molecule has 0 aliphatic rings. The Morgan fingerprint density at radius 1 is 0.909 bits per heavy atom. The third kappa shape index (κ3) is 6.02. The molecule has 5 rings (SSSR count). The van der Waals surface area contributed by atoms with E-state index in [0.717, 1.165) is 28.1 Å². The van der Waals surface area contributed by atoms with Gasteiger partial charge in [-0.25, -0.2) is 9.64 Å². The lowest BCUT2D eigenvalue weighted by Gasteiger charge is -2.20. The van der Waals surface area contributed by atoms with Crippen LogP contribution >= 0.6 is 0 Å². The minimum Gasteiger partial charge on any atom is -0.443 e. The number of fused-ring (bicyclic) bond motifs is 1. The van der Waals surface area contributed by atoms with E-state index in [4.69, 9.17) is 11.3 Å². The number of hydrogen-bond acceptors (Lipinski definition) is 3. The van der Waals surface area contributed by atoms with Gasteiger partial charge in [-0.2, -0.15) is 13.2 Å². The van der Waals surface area contributed by atoms with Crippen LogP contribution in [-0.4, -0.2) is 20.8 Å². The summed E-state index contributed by atoms with van der Waals surface area (Å²) in [4.78, 5) is 29.4. The van der Waals surface area contributed by atoms with Crippen LogP contribution in [-0.2, 0) is 17.5 Å². The summed E-state index contributed by atoms with van der Waals surface area (Å²) in [6, 6.07) is 20.7. The van der Waals surface area contributed by atoms with E-state index in [-0.39, 0.29) is 12.2 Å². The zero-order valence-corrected chi connectivity index (χ0v) is 24.9. The Balaban J connectivity index is 1.67. The number of aryl methyl sites for hydroxylation is 2. The molecule has 0 amide bonds. The first-order chi connectivity index (χ1) is 20.7. The van der Waals surface area contributed by atoms with E-state index in [9.17, 15) is 22.8 Å². The average molecular weight is 598 g/mol. The highest BCUT2D eigenvalue weighted by Crippen LogP contribution is 2.38. The number of carbonyl (C=O) groups is 1. The zero-order valence-electron chi connectivity index (χ0n) is 24.9. The fourth-order valence-electron chi connectivity index (χ4n) is 5.19. The number of halogens is 3. The summed E-state index contributed by atoms with van der Waals surface area (Å²) in [7, 11) is 0. The van der Waals surface area contributed by atoms with Gasteiger partial charge in [-0.3, -0.25) is 9.36 Å². The fraction of sp³-hybridized carbons (Fsp3) is 0.229. The monoisotopic (exact) mass is 597 g/mol. The molecule has 0 unspecified atom stereocenters. The second-order valence-electron chi connectivity index (χ2n) is 11.7. The van der Waals surface area contributed by atoms with E-state index in [1.54, 1.807) is 57.3 Å². The van der Waals surface area contributed by atoms with Gasteiger partial charge in [-0.15, -0.1) is 0 Å². The largest absolute Gasteiger partial charge is 0.443 e. The van der Waals surface area contributed by atoms with Crippen LogP contribution in [0.2, 0.25) is 0 Å². The minimum atomic E-state index is -4.90. The average Bonchev–Trinajstić information content (AvgIpc) is 3.37. The molecular weight excluding hydrogens is 567 g/mol. The third-order valence-electron chi connectivity index (χ3n) is 7.29. The number of aromatic nitrogens is 2. The molecule has 0 atom stereocenters. The number of carbonyl (C=O) groups excluding carboxylic acids is 1. The molecule has 0 saturated heterocycles. The summed E-state index contributed by atoms with van der Waals surface area (Å²) >= 11 is 0. The van der Waals surface area contributed by atoms with Crippen molar-refractivity contribution in [2.45, 2.75) is 52.9 Å². The van der Waals surface area contributed by atoms with Crippen molar-refractivity contribution in [3.05, 3.63) is 123 Å². The normalized spacial score (nSPS) is 11.9. The van der Waals surface area contributed by atoms with Crippen LogP contribution in [0.3, 0.4) is 0 Å². The van der Waals surface area contributed by atoms with Crippen LogP contribution < -0.4 is 5.56 Å². The maximum absolute atomic E-state index is 14.1. The van der Waals surface area contributed by atoms with Crippen LogP contribution in [0.25, 0.3) is 38.1 Å². The lowest BCUT2D eigenvalue weighted by molar-refractivity contribution is -0.136. The van der Waals surface area contributed by atoms with Crippen LogP contribution in [0.1, 0.15) is 43.0 Å². The van der Waals surface area contributed by atoms with Crippen LogP contribution in [0.4, 0.5) is 23.7 Å². The molecule has 9 heteroatoms. The smallest absolute Gasteiger partial charge is 0.418 e. The Labute approximate surface area is 252 Å². The molecular formula is C35H30F3N3O3. The molecule has 3 aromatic carbocycles. The molecule has 5 aromatic rings. The van der Waals surface area contributed by atoms with Gasteiger partial charge in [-0.05, 0) is 86.7 Å². The van der Waals surface area contributed by atoms with Gasteiger partial charge in [0, 0.05) is 17.3 Å². The highest BCUT2D eigenvalue weighted by atomic mass is 19.4. The number of hydrogen-bond donors (Lipinski definition) is 0. The van der Waals surface area contributed by atoms with Gasteiger partial charge in [-0.1, -0.05) is 54.1 Å². The number of ether oxygens (including phenoxy) is 1. The molecule has 0 bridgehead atoms. The molecule has 0 N–H and O–H groups in total. The molecule has 0 radical (unpaired) electrons. The number of rotatable bonds is 4. The van der Waals surface area contributed by atoms with Gasteiger partial charge in [0.05, 0.1) is 24.2 Å². The second-order valence-corrected chi connectivity index (χ2v) is 11.7. The summed E-state index contributed by atoms with van der Waals surface area (Å²) in [5.41, 5.74) is 1.09. The SMILES string of the molecule is [C-]#[N+]c1c(C(F)(F)F)cc(-c2cccc(-c3ccc4ccn(C(=O)OC(C)(C)C)c4c3)c2)n(Cc2ccc(C)cc2C)c1=O. The van der Waals surface area contributed by atoms with Crippen molar-refractivity contribution in [2.24, 2.45) is 0 Å². The number of pyridine rings is 1. The van der Waals surface area contributed by atoms with Crippen molar-refractivity contribution in [1.82, 2.24) is 9.13 Å². The Bertz CT molecular complexity index is 2020. The van der Waals surface area contributed by atoms with E-state index in [1.807, 2.05) is 50.2 Å². The molecule has 0 saturated carbocycles. The fourth-order valence-corrected chi connectivity index (χ4v) is 5.19. The standard InChI is InChI=1S/C35H30F3N3O3/c1-21-10-11-27(22(2)16-21)20-41-30(19-28(35(36,37)38)31(39-6)32(41)42)26-9-7-8-24(17-26)25-13-12-23-14-15-40(29(23)18-25)33(43)44-34(3,4)5/h7-19H,20H2,1-5H3. The Kier molecular flexibility index (Phi) is 7.72. The highest BCUT2D eigenvalue weighted by molar-refractivity contribution is 5.92. The Morgan fingerprint density at radius 2 is 1.61 bits per heavy atom. The van der Waals surface area contributed by atoms with Crippen molar-refractivity contribution in [2.75, 3.05) is 0 Å². The zero-order chi connectivity index (χ0) is 32.0. The van der Waals surface area contributed by atoms with E-state index < -0.39 is 34.7 Å². The summed E-state index contributed by atoms with van der Waals surface area (Å²) in [6.45, 7) is 16.5. The third-order valence-corrected chi connectivity index (χ3v) is 7.29. The van der Waals surface area contributed by atoms with E-state index in [1.165, 1.54) is 9.13 Å². The van der Waals surface area contributed by atoms with Gasteiger partial charge in [0.25, 0.3) is 11.2 Å². The molecule has 0 aliphatic carbocycles. The van der Waals surface area contributed by atoms with E-state index >= 15 is 0 Å². The van der Waals surface area contributed by atoms with Crippen LogP contribution in [0.5, 0.6) is 0 Å². The van der Waals surface area contributed by atoms with E-state index in [0.29, 0.717) is 22.2 Å². The summed E-state index contributed by atoms with van der Waals surface area (Å²) < 4.78 is 50.5. The second kappa shape index (κ2) is 11.2. The van der Waals surface area contributed by atoms with Gasteiger partial charge in [0.1, 0.15) is 5.60 Å². The lowest BCUT2D eigenvalue weighted by atomic mass is 9.99. The van der Waals surface area contributed by atoms with Gasteiger partial charge < -0.3 is 9.30 Å². The molecule has 2 aromatic heterocycles. The van der Waals surface area contributed by atoms with Crippen molar-refractivity contribution in [3.8, 4) is 22.4 Å². The predicted molar refractivity (Wildman–Crippen MR) is 165 cm³/mol. The first kappa shape index (κ1) is 30.4. The molecule has 224 valence electrons. The lowest BCUT2D eigenvalue weighted by Crippen LogP contribution is -2.26. The summed E-state index contributed by atoms with van der Waals surface area (Å²) in [6.07, 6.45) is -3.81. The van der Waals surface area contributed by atoms with Gasteiger partial charge >= 0.3 is 12.3 Å². The summed E-state index contributed by atoms with van der Waals surface area (Å²) in [5.74, 6) is 0. The molecule has 0 spiro atoms. The van der Waals surface area contributed by atoms with Crippen LogP contribution in [0, 0.1) is 20.4 Å². The number of alkyl halides is 3. The molecule has 2 heterocycles. The Morgan fingerprint density at radius 3 is 2.27 bits per heavy atom.